The van der Waals surface area contributed by atoms with Gasteiger partial charge in [0.2, 0.25) is 0 Å². The first-order valence-corrected chi connectivity index (χ1v) is 8.67. The fourth-order valence-electron chi connectivity index (χ4n) is 3.36. The lowest BCUT2D eigenvalue weighted by molar-refractivity contribution is 0.325. The summed E-state index contributed by atoms with van der Waals surface area (Å²) in [6.07, 6.45) is 2.62. The van der Waals surface area contributed by atoms with E-state index >= 15 is 0 Å². The zero-order valence-electron chi connectivity index (χ0n) is 14.2. The highest BCUT2D eigenvalue weighted by Gasteiger charge is 2.26. The minimum absolute atomic E-state index is 0.160. The number of likely N-dealkylation sites (tertiary alicyclic amines) is 1. The largest absolute Gasteiger partial charge is 0.310 e. The number of hydrogen-bond acceptors (Lipinski definition) is 4. The summed E-state index contributed by atoms with van der Waals surface area (Å²) in [6.45, 7) is 2.49. The van der Waals surface area contributed by atoms with Gasteiger partial charge in [-0.3, -0.25) is 14.7 Å². The van der Waals surface area contributed by atoms with Crippen LogP contribution < -0.4 is 5.56 Å². The molecule has 1 fully saturated rings. The molecule has 5 nitrogen and oxygen atoms in total. The van der Waals surface area contributed by atoms with Crippen LogP contribution in [0, 0.1) is 5.82 Å². The van der Waals surface area contributed by atoms with Crippen LogP contribution in [0.15, 0.2) is 59.5 Å². The fourth-order valence-corrected chi connectivity index (χ4v) is 3.36. The number of halogens is 1. The van der Waals surface area contributed by atoms with Crippen molar-refractivity contribution < 1.29 is 4.39 Å². The molecule has 1 aromatic carbocycles. The minimum atomic E-state index is -0.221. The molecular formula is C20H19FN4O. The average molecular weight is 350 g/mol. The third kappa shape index (κ3) is 3.70. The van der Waals surface area contributed by atoms with Crippen LogP contribution in [-0.4, -0.2) is 32.9 Å². The van der Waals surface area contributed by atoms with Gasteiger partial charge >= 0.3 is 0 Å². The molecule has 26 heavy (non-hydrogen) atoms. The summed E-state index contributed by atoms with van der Waals surface area (Å²) in [5.74, 6) is 0.660. The van der Waals surface area contributed by atoms with Gasteiger partial charge in [-0.15, -0.1) is 0 Å². The lowest BCUT2D eigenvalue weighted by atomic mass is 10.1. The highest BCUT2D eigenvalue weighted by molar-refractivity contribution is 5.52. The zero-order chi connectivity index (χ0) is 17.9. The molecule has 0 bridgehead atoms. The molecule has 6 heteroatoms. The number of rotatable bonds is 4. The second-order valence-electron chi connectivity index (χ2n) is 6.58. The molecule has 2 aromatic heterocycles. The molecule has 0 saturated carbocycles. The molecule has 0 aliphatic carbocycles. The molecule has 1 aliphatic rings. The first-order valence-electron chi connectivity index (χ1n) is 8.67. The summed E-state index contributed by atoms with van der Waals surface area (Å²) in [5, 5.41) is 0. The van der Waals surface area contributed by atoms with Gasteiger partial charge in [-0.1, -0.05) is 18.2 Å². The molecule has 1 aliphatic heterocycles. The zero-order valence-corrected chi connectivity index (χ0v) is 14.2. The molecule has 0 unspecified atom stereocenters. The second kappa shape index (κ2) is 7.17. The molecule has 3 heterocycles. The first-order chi connectivity index (χ1) is 12.7. The van der Waals surface area contributed by atoms with Gasteiger partial charge in [0.1, 0.15) is 11.6 Å². The summed E-state index contributed by atoms with van der Waals surface area (Å²) in [6, 6.07) is 13.6. The number of H-pyrrole nitrogens is 1. The first kappa shape index (κ1) is 16.6. The van der Waals surface area contributed by atoms with Crippen molar-refractivity contribution in [2.24, 2.45) is 0 Å². The summed E-state index contributed by atoms with van der Waals surface area (Å²) in [4.78, 5) is 26.2. The monoisotopic (exact) mass is 350 g/mol. The van der Waals surface area contributed by atoms with Crippen LogP contribution >= 0.6 is 0 Å². The standard InChI is InChI=1S/C20H19FN4O/c21-16-6-4-14(5-7-16)12-25-10-8-15(13-25)20-23-18(11-19(26)24-20)17-3-1-2-9-22-17/h1-7,9,11,15H,8,10,12-13H2,(H,23,24,26)/t15-/m1/s1. The molecule has 4 rings (SSSR count). The number of nitrogens with zero attached hydrogens (tertiary/aromatic N) is 3. The van der Waals surface area contributed by atoms with Gasteiger partial charge in [0, 0.05) is 31.3 Å². The molecule has 0 amide bonds. The Morgan fingerprint density at radius 3 is 2.77 bits per heavy atom. The SMILES string of the molecule is O=c1cc(-c2ccccn2)nc([C@@H]2CCN(Cc3ccc(F)cc3)C2)[nH]1. The van der Waals surface area contributed by atoms with Gasteiger partial charge in [-0.05, 0) is 42.8 Å². The quantitative estimate of drug-likeness (QED) is 0.786. The van der Waals surface area contributed by atoms with E-state index in [1.807, 2.05) is 30.3 Å². The molecule has 1 saturated heterocycles. The van der Waals surface area contributed by atoms with Crippen LogP contribution in [0.2, 0.25) is 0 Å². The lowest BCUT2D eigenvalue weighted by Crippen LogP contribution is -2.21. The maximum atomic E-state index is 13.0. The maximum Gasteiger partial charge on any atom is 0.251 e. The van der Waals surface area contributed by atoms with E-state index in [4.69, 9.17) is 0 Å². The summed E-state index contributed by atoms with van der Waals surface area (Å²) < 4.78 is 13.0. The molecule has 0 radical (unpaired) electrons. The van der Waals surface area contributed by atoms with Crippen LogP contribution in [0.25, 0.3) is 11.4 Å². The predicted molar refractivity (Wildman–Crippen MR) is 97.1 cm³/mol. The van der Waals surface area contributed by atoms with Crippen molar-refractivity contribution in [2.45, 2.75) is 18.9 Å². The van der Waals surface area contributed by atoms with E-state index in [0.717, 1.165) is 31.6 Å². The Bertz CT molecular complexity index is 940. The third-order valence-corrected chi connectivity index (χ3v) is 4.67. The highest BCUT2D eigenvalue weighted by atomic mass is 19.1. The average Bonchev–Trinajstić information content (AvgIpc) is 3.12. The van der Waals surface area contributed by atoms with E-state index in [1.54, 1.807) is 6.20 Å². The van der Waals surface area contributed by atoms with Gasteiger partial charge < -0.3 is 4.98 Å². The second-order valence-corrected chi connectivity index (χ2v) is 6.58. The number of pyridine rings is 1. The Kier molecular flexibility index (Phi) is 4.58. The van der Waals surface area contributed by atoms with E-state index in [1.165, 1.54) is 18.2 Å². The van der Waals surface area contributed by atoms with Crippen molar-refractivity contribution in [3.8, 4) is 11.4 Å². The van der Waals surface area contributed by atoms with E-state index in [-0.39, 0.29) is 17.3 Å². The van der Waals surface area contributed by atoms with Gasteiger partial charge in [-0.25, -0.2) is 9.37 Å². The summed E-state index contributed by atoms with van der Waals surface area (Å²) >= 11 is 0. The summed E-state index contributed by atoms with van der Waals surface area (Å²) in [5.41, 5.74) is 2.21. The van der Waals surface area contributed by atoms with Crippen molar-refractivity contribution in [3.63, 3.8) is 0 Å². The van der Waals surface area contributed by atoms with Gasteiger partial charge in [0.15, 0.2) is 0 Å². The van der Waals surface area contributed by atoms with Crippen LogP contribution in [0.5, 0.6) is 0 Å². The fraction of sp³-hybridized carbons (Fsp3) is 0.250. The van der Waals surface area contributed by atoms with Crippen LogP contribution in [0.1, 0.15) is 23.7 Å². The van der Waals surface area contributed by atoms with E-state index in [2.05, 4.69) is 19.9 Å². The Morgan fingerprint density at radius 1 is 1.15 bits per heavy atom. The highest BCUT2D eigenvalue weighted by Crippen LogP contribution is 2.26. The molecule has 3 aromatic rings. The Labute approximate surface area is 150 Å². The minimum Gasteiger partial charge on any atom is -0.310 e. The van der Waals surface area contributed by atoms with Crippen LogP contribution in [0.3, 0.4) is 0 Å². The Balaban J connectivity index is 1.51. The number of aromatic amines is 1. The number of aromatic nitrogens is 3. The normalized spacial score (nSPS) is 17.5. The molecule has 0 spiro atoms. The Morgan fingerprint density at radius 2 is 2.00 bits per heavy atom. The lowest BCUT2D eigenvalue weighted by Gasteiger charge is -2.16. The maximum absolute atomic E-state index is 13.0. The van der Waals surface area contributed by atoms with Crippen molar-refractivity contribution in [1.82, 2.24) is 19.9 Å². The van der Waals surface area contributed by atoms with E-state index in [0.29, 0.717) is 17.2 Å². The molecule has 132 valence electrons. The number of benzene rings is 1. The predicted octanol–water partition coefficient (Wildman–Crippen LogP) is 2.96. The van der Waals surface area contributed by atoms with E-state index < -0.39 is 0 Å². The molecular weight excluding hydrogens is 331 g/mol. The topological polar surface area (TPSA) is 61.9 Å². The summed E-state index contributed by atoms with van der Waals surface area (Å²) in [7, 11) is 0. The molecule has 1 atom stereocenters. The van der Waals surface area contributed by atoms with Gasteiger partial charge in [-0.2, -0.15) is 0 Å². The van der Waals surface area contributed by atoms with Crippen LogP contribution in [-0.2, 0) is 6.54 Å². The van der Waals surface area contributed by atoms with Crippen LogP contribution in [0.4, 0.5) is 4.39 Å². The van der Waals surface area contributed by atoms with Gasteiger partial charge in [0.05, 0.1) is 11.4 Å². The van der Waals surface area contributed by atoms with Crippen molar-refractivity contribution in [2.75, 3.05) is 13.1 Å². The van der Waals surface area contributed by atoms with Crippen molar-refractivity contribution in [3.05, 3.63) is 82.3 Å². The third-order valence-electron chi connectivity index (χ3n) is 4.67. The van der Waals surface area contributed by atoms with Gasteiger partial charge in [0.25, 0.3) is 5.56 Å². The smallest absolute Gasteiger partial charge is 0.251 e. The van der Waals surface area contributed by atoms with Crippen molar-refractivity contribution >= 4 is 0 Å². The molecule has 1 N–H and O–H groups in total. The Hall–Kier alpha value is -2.86. The van der Waals surface area contributed by atoms with Crippen molar-refractivity contribution in [1.29, 1.82) is 0 Å². The van der Waals surface area contributed by atoms with E-state index in [9.17, 15) is 9.18 Å². The number of nitrogens with one attached hydrogen (secondary N) is 1. The number of hydrogen-bond donors (Lipinski definition) is 1.